The van der Waals surface area contributed by atoms with Crippen molar-refractivity contribution in [2.45, 2.75) is 12.0 Å². The number of nitrogens with zero attached hydrogens (tertiary/aromatic N) is 4. The van der Waals surface area contributed by atoms with Crippen LogP contribution in [0.5, 0.6) is 0 Å². The number of fused-ring (bicyclic) bond motifs is 6. The van der Waals surface area contributed by atoms with E-state index in [2.05, 4.69) is 161 Å². The van der Waals surface area contributed by atoms with Crippen LogP contribution in [0.25, 0.3) is 60.4 Å². The molecule has 2 heterocycles. The van der Waals surface area contributed by atoms with E-state index in [1.54, 1.807) is 0 Å². The van der Waals surface area contributed by atoms with Gasteiger partial charge in [-0.25, -0.2) is 0 Å². The molecule has 2 unspecified atom stereocenters. The summed E-state index contributed by atoms with van der Waals surface area (Å²) in [5, 5.41) is 25.6. The van der Waals surface area contributed by atoms with Gasteiger partial charge in [0.1, 0.15) is 6.07 Å². The van der Waals surface area contributed by atoms with Crippen LogP contribution in [0.15, 0.2) is 163 Å². The molecule has 2 atom stereocenters. The lowest BCUT2D eigenvalue weighted by Gasteiger charge is -2.30. The predicted molar refractivity (Wildman–Crippen MR) is 195 cm³/mol. The summed E-state index contributed by atoms with van der Waals surface area (Å²) in [6.45, 7) is 0. The summed E-state index contributed by atoms with van der Waals surface area (Å²) in [5.41, 5.74) is 9.49. The van der Waals surface area contributed by atoms with E-state index < -0.39 is 0 Å². The molecule has 0 bridgehead atoms. The SMILES string of the molecule is N#CC1=CC(n2c3ccccc3c3ccccc32)C(c2ccccc2-c2cccc(-n3c4ccccc4c4ccccc43)c2C#N)C=C1. The van der Waals surface area contributed by atoms with Crippen molar-refractivity contribution in [3.63, 3.8) is 0 Å². The van der Waals surface area contributed by atoms with Gasteiger partial charge in [-0.1, -0.05) is 115 Å². The van der Waals surface area contributed by atoms with Gasteiger partial charge in [-0.2, -0.15) is 10.5 Å². The Labute approximate surface area is 277 Å². The molecule has 0 saturated carbocycles. The average molecular weight is 613 g/mol. The number of hydrogen-bond donors (Lipinski definition) is 0. The number of aromatic nitrogens is 2. The third-order valence-corrected chi connectivity index (χ3v) is 9.83. The monoisotopic (exact) mass is 612 g/mol. The predicted octanol–water partition coefficient (Wildman–Crippen LogP) is 10.8. The van der Waals surface area contributed by atoms with Gasteiger partial charge >= 0.3 is 0 Å². The number of nitriles is 2. The fraction of sp³-hybridized carbons (Fsp3) is 0.0455. The molecular formula is C44H28N4. The minimum atomic E-state index is -0.165. The van der Waals surface area contributed by atoms with Crippen molar-refractivity contribution in [3.8, 4) is 29.0 Å². The maximum Gasteiger partial charge on any atom is 0.102 e. The fourth-order valence-electron chi connectivity index (χ4n) is 7.82. The quantitative estimate of drug-likeness (QED) is 0.199. The molecule has 0 saturated heterocycles. The highest BCUT2D eigenvalue weighted by Gasteiger charge is 2.30. The lowest BCUT2D eigenvalue weighted by molar-refractivity contribution is 0.574. The summed E-state index contributed by atoms with van der Waals surface area (Å²) in [7, 11) is 0. The summed E-state index contributed by atoms with van der Waals surface area (Å²) in [5.74, 6) is -0.0963. The number of para-hydroxylation sites is 4. The van der Waals surface area contributed by atoms with Crippen LogP contribution in [-0.2, 0) is 0 Å². The first kappa shape index (κ1) is 27.7. The second-order valence-corrected chi connectivity index (χ2v) is 12.3. The normalized spacial score (nSPS) is 15.9. The van der Waals surface area contributed by atoms with Crippen LogP contribution in [0.2, 0.25) is 0 Å². The molecule has 9 rings (SSSR count). The Kier molecular flexibility index (Phi) is 6.35. The zero-order valence-corrected chi connectivity index (χ0v) is 26.0. The summed E-state index contributed by atoms with van der Waals surface area (Å²) < 4.78 is 4.60. The van der Waals surface area contributed by atoms with Crippen LogP contribution in [0.1, 0.15) is 23.1 Å². The summed E-state index contributed by atoms with van der Waals surface area (Å²) in [6.07, 6.45) is 6.19. The minimum absolute atomic E-state index is 0.0963. The first-order chi connectivity index (χ1) is 23.8. The highest BCUT2D eigenvalue weighted by atomic mass is 15.0. The van der Waals surface area contributed by atoms with E-state index in [4.69, 9.17) is 0 Å². The lowest BCUT2D eigenvalue weighted by atomic mass is 9.81. The van der Waals surface area contributed by atoms with Crippen LogP contribution < -0.4 is 0 Å². The summed E-state index contributed by atoms with van der Waals surface area (Å²) in [6, 6.07) is 53.2. The van der Waals surface area contributed by atoms with Crippen LogP contribution in [0, 0.1) is 22.7 Å². The van der Waals surface area contributed by atoms with Crippen molar-refractivity contribution in [1.82, 2.24) is 9.13 Å². The molecule has 6 aromatic carbocycles. The Hall–Kier alpha value is -6.62. The van der Waals surface area contributed by atoms with E-state index in [0.717, 1.165) is 55.2 Å². The number of hydrogen-bond acceptors (Lipinski definition) is 2. The Bertz CT molecular complexity index is 2620. The smallest absolute Gasteiger partial charge is 0.102 e. The van der Waals surface area contributed by atoms with E-state index in [1.807, 2.05) is 18.2 Å². The molecule has 8 aromatic rings. The number of allylic oxidation sites excluding steroid dienone is 4. The molecule has 0 N–H and O–H groups in total. The second kappa shape index (κ2) is 11.0. The number of rotatable bonds is 4. The van der Waals surface area contributed by atoms with Crippen LogP contribution in [0.3, 0.4) is 0 Å². The molecule has 0 fully saturated rings. The lowest BCUT2D eigenvalue weighted by Crippen LogP contribution is -2.18. The van der Waals surface area contributed by atoms with Crippen LogP contribution in [0.4, 0.5) is 0 Å². The van der Waals surface area contributed by atoms with Crippen molar-refractivity contribution in [1.29, 1.82) is 10.5 Å². The molecule has 1 aliphatic carbocycles. The topological polar surface area (TPSA) is 57.4 Å². The van der Waals surface area contributed by atoms with E-state index in [0.29, 0.717) is 11.1 Å². The molecule has 0 radical (unpaired) electrons. The molecule has 4 nitrogen and oxygen atoms in total. The molecule has 0 amide bonds. The van der Waals surface area contributed by atoms with Crippen LogP contribution >= 0.6 is 0 Å². The average Bonchev–Trinajstić information content (AvgIpc) is 3.67. The van der Waals surface area contributed by atoms with Gasteiger partial charge < -0.3 is 9.13 Å². The van der Waals surface area contributed by atoms with Crippen molar-refractivity contribution >= 4 is 43.6 Å². The third-order valence-electron chi connectivity index (χ3n) is 9.83. The Morgan fingerprint density at radius 1 is 0.500 bits per heavy atom. The van der Waals surface area contributed by atoms with Crippen molar-refractivity contribution in [3.05, 3.63) is 174 Å². The Morgan fingerprint density at radius 3 is 1.62 bits per heavy atom. The summed E-state index contributed by atoms with van der Waals surface area (Å²) in [4.78, 5) is 0. The van der Waals surface area contributed by atoms with Gasteiger partial charge in [0.25, 0.3) is 0 Å². The van der Waals surface area contributed by atoms with Crippen LogP contribution in [-0.4, -0.2) is 9.13 Å². The van der Waals surface area contributed by atoms with Crippen molar-refractivity contribution in [2.75, 3.05) is 0 Å². The highest BCUT2D eigenvalue weighted by molar-refractivity contribution is 6.10. The van der Waals surface area contributed by atoms with Gasteiger partial charge in [-0.3, -0.25) is 0 Å². The van der Waals surface area contributed by atoms with Gasteiger partial charge in [-0.15, -0.1) is 0 Å². The molecule has 0 aliphatic heterocycles. The molecule has 1 aliphatic rings. The molecule has 224 valence electrons. The molecule has 48 heavy (non-hydrogen) atoms. The molecule has 4 heteroatoms. The zero-order chi connectivity index (χ0) is 32.2. The van der Waals surface area contributed by atoms with E-state index in [1.165, 1.54) is 10.8 Å². The number of benzene rings is 6. The first-order valence-corrected chi connectivity index (χ1v) is 16.2. The van der Waals surface area contributed by atoms with E-state index >= 15 is 0 Å². The van der Waals surface area contributed by atoms with Crippen molar-refractivity contribution in [2.24, 2.45) is 0 Å². The van der Waals surface area contributed by atoms with Gasteiger partial charge in [0, 0.05) is 49.6 Å². The fourth-order valence-corrected chi connectivity index (χ4v) is 7.82. The third kappa shape index (κ3) is 4.07. The Balaban J connectivity index is 1.27. The molecule has 0 spiro atoms. The van der Waals surface area contributed by atoms with E-state index in [-0.39, 0.29) is 12.0 Å². The maximum absolute atomic E-state index is 10.9. The maximum atomic E-state index is 10.9. The minimum Gasteiger partial charge on any atom is -0.332 e. The second-order valence-electron chi connectivity index (χ2n) is 12.3. The highest BCUT2D eigenvalue weighted by Crippen LogP contribution is 2.45. The van der Waals surface area contributed by atoms with Crippen molar-refractivity contribution < 1.29 is 0 Å². The summed E-state index contributed by atoms with van der Waals surface area (Å²) >= 11 is 0. The van der Waals surface area contributed by atoms with Gasteiger partial charge in [-0.05, 0) is 53.6 Å². The molecular weight excluding hydrogens is 585 g/mol. The zero-order valence-electron chi connectivity index (χ0n) is 26.0. The Morgan fingerprint density at radius 2 is 1.02 bits per heavy atom. The largest absolute Gasteiger partial charge is 0.332 e. The van der Waals surface area contributed by atoms with E-state index in [9.17, 15) is 10.5 Å². The first-order valence-electron chi connectivity index (χ1n) is 16.2. The standard InChI is InChI=1S/C44H28N4/c45-27-29-24-25-37(44(26-29)48-41-21-9-5-16-35(41)36-17-6-10-22-42(36)48)31-13-2-1-12-30(31)32-18-11-23-43(38(32)28-46)47-39-19-7-3-14-33(39)34-15-4-8-20-40(34)47/h1-26,37,44H. The van der Waals surface area contributed by atoms with Gasteiger partial charge in [0.05, 0.1) is 34.4 Å². The van der Waals surface area contributed by atoms with Gasteiger partial charge in [0.2, 0.25) is 0 Å². The van der Waals surface area contributed by atoms with Gasteiger partial charge in [0.15, 0.2) is 0 Å². The molecule has 2 aromatic heterocycles.